The van der Waals surface area contributed by atoms with Gasteiger partial charge in [-0.2, -0.15) is 0 Å². The van der Waals surface area contributed by atoms with Crippen molar-refractivity contribution in [2.45, 2.75) is 19.8 Å². The highest BCUT2D eigenvalue weighted by atomic mass is 32.1. The topological polar surface area (TPSA) is 80.3 Å². The number of methoxy groups -OCH3 is 1. The van der Waals surface area contributed by atoms with Crippen molar-refractivity contribution in [3.63, 3.8) is 0 Å². The fourth-order valence-corrected chi connectivity index (χ4v) is 3.39. The van der Waals surface area contributed by atoms with Crippen molar-refractivity contribution >= 4 is 34.0 Å². The highest BCUT2D eigenvalue weighted by Crippen LogP contribution is 2.26. The van der Waals surface area contributed by atoms with Crippen LogP contribution in [0.5, 0.6) is 5.75 Å². The van der Waals surface area contributed by atoms with Crippen LogP contribution in [-0.2, 0) is 16.0 Å². The van der Waals surface area contributed by atoms with Crippen LogP contribution in [0.1, 0.15) is 18.9 Å². The van der Waals surface area contributed by atoms with Crippen LogP contribution in [0.25, 0.3) is 11.3 Å². The Morgan fingerprint density at radius 2 is 1.89 bits per heavy atom. The summed E-state index contributed by atoms with van der Waals surface area (Å²) in [6.45, 7) is 1.47. The number of hydrogen-bond donors (Lipinski definition) is 2. The summed E-state index contributed by atoms with van der Waals surface area (Å²) < 4.78 is 5.20. The number of amides is 2. The molecule has 28 heavy (non-hydrogen) atoms. The molecule has 3 aromatic rings. The lowest BCUT2D eigenvalue weighted by molar-refractivity contribution is -0.116. The minimum atomic E-state index is -0.111. The number of benzene rings is 2. The summed E-state index contributed by atoms with van der Waals surface area (Å²) in [5, 5.41) is 8.04. The van der Waals surface area contributed by atoms with Crippen LogP contribution in [-0.4, -0.2) is 23.9 Å². The van der Waals surface area contributed by atoms with E-state index in [4.69, 9.17) is 4.74 Å². The first kappa shape index (κ1) is 19.6. The molecule has 0 spiro atoms. The van der Waals surface area contributed by atoms with E-state index in [0.29, 0.717) is 18.0 Å². The van der Waals surface area contributed by atoms with Gasteiger partial charge < -0.3 is 15.4 Å². The van der Waals surface area contributed by atoms with Gasteiger partial charge >= 0.3 is 0 Å². The van der Waals surface area contributed by atoms with Gasteiger partial charge in [0.1, 0.15) is 5.75 Å². The quantitative estimate of drug-likeness (QED) is 0.623. The number of hydrogen-bond acceptors (Lipinski definition) is 5. The first-order valence-corrected chi connectivity index (χ1v) is 9.68. The molecule has 0 saturated heterocycles. The summed E-state index contributed by atoms with van der Waals surface area (Å²) in [5.74, 6) is 0.595. The number of rotatable bonds is 7. The molecule has 0 saturated carbocycles. The van der Waals surface area contributed by atoms with Crippen LogP contribution in [0, 0.1) is 0 Å². The van der Waals surface area contributed by atoms with E-state index in [0.717, 1.165) is 28.3 Å². The fraction of sp³-hybridized carbons (Fsp3) is 0.190. The second kappa shape index (κ2) is 9.14. The largest absolute Gasteiger partial charge is 0.497 e. The van der Waals surface area contributed by atoms with E-state index in [1.165, 1.54) is 18.3 Å². The van der Waals surface area contributed by atoms with Gasteiger partial charge in [0.25, 0.3) is 0 Å². The molecule has 2 N–H and O–H groups in total. The van der Waals surface area contributed by atoms with Gasteiger partial charge in [-0.15, -0.1) is 11.3 Å². The van der Waals surface area contributed by atoms with Gasteiger partial charge in [0.15, 0.2) is 5.13 Å². The SMILES string of the molecule is COc1cccc(CCC(=O)Nc2nc(-c3ccc(NC(C)=O)cc3)cs2)c1. The number of ether oxygens (including phenoxy) is 1. The molecule has 0 unspecified atom stereocenters. The Morgan fingerprint density at radius 3 is 2.61 bits per heavy atom. The molecule has 1 aromatic heterocycles. The first-order valence-electron chi connectivity index (χ1n) is 8.80. The smallest absolute Gasteiger partial charge is 0.226 e. The van der Waals surface area contributed by atoms with Gasteiger partial charge in [-0.3, -0.25) is 9.59 Å². The van der Waals surface area contributed by atoms with Crippen molar-refractivity contribution < 1.29 is 14.3 Å². The van der Waals surface area contributed by atoms with E-state index < -0.39 is 0 Å². The number of carbonyl (C=O) groups is 2. The average Bonchev–Trinajstić information content (AvgIpc) is 3.15. The van der Waals surface area contributed by atoms with E-state index in [1.807, 2.05) is 53.9 Å². The first-order chi connectivity index (χ1) is 13.5. The van der Waals surface area contributed by atoms with Gasteiger partial charge in [-0.1, -0.05) is 24.3 Å². The molecule has 144 valence electrons. The molecule has 0 aliphatic carbocycles. The Hall–Kier alpha value is -3.19. The van der Waals surface area contributed by atoms with E-state index in [2.05, 4.69) is 15.6 Å². The molecule has 3 rings (SSSR count). The van der Waals surface area contributed by atoms with E-state index in [-0.39, 0.29) is 11.8 Å². The predicted molar refractivity (Wildman–Crippen MR) is 112 cm³/mol. The van der Waals surface area contributed by atoms with Gasteiger partial charge in [-0.25, -0.2) is 4.98 Å². The predicted octanol–water partition coefficient (Wildman–Crippen LogP) is 4.35. The molecule has 6 nitrogen and oxygen atoms in total. The molecule has 2 aromatic carbocycles. The average molecular weight is 395 g/mol. The zero-order valence-electron chi connectivity index (χ0n) is 15.7. The van der Waals surface area contributed by atoms with Crippen molar-refractivity contribution in [3.8, 4) is 17.0 Å². The molecule has 0 atom stereocenters. The fourth-order valence-electron chi connectivity index (χ4n) is 2.66. The zero-order valence-corrected chi connectivity index (χ0v) is 16.5. The Kier molecular flexibility index (Phi) is 6.39. The summed E-state index contributed by atoms with van der Waals surface area (Å²) in [5.41, 5.74) is 3.48. The van der Waals surface area contributed by atoms with Gasteiger partial charge in [-0.05, 0) is 36.2 Å². The Balaban J connectivity index is 1.56. The van der Waals surface area contributed by atoms with Crippen LogP contribution < -0.4 is 15.4 Å². The molecule has 2 amide bonds. The van der Waals surface area contributed by atoms with E-state index >= 15 is 0 Å². The molecule has 0 aliphatic rings. The third-order valence-electron chi connectivity index (χ3n) is 4.03. The molecule has 1 heterocycles. The summed E-state index contributed by atoms with van der Waals surface area (Å²) in [4.78, 5) is 27.8. The van der Waals surface area contributed by atoms with Crippen LogP contribution in [0.4, 0.5) is 10.8 Å². The minimum absolute atomic E-state index is 0.0790. The van der Waals surface area contributed by atoms with Crippen molar-refractivity contribution in [3.05, 3.63) is 59.5 Å². The third-order valence-corrected chi connectivity index (χ3v) is 4.78. The molecular formula is C21H21N3O3S. The van der Waals surface area contributed by atoms with Crippen LogP contribution in [0.15, 0.2) is 53.9 Å². The standard InChI is InChI=1S/C21H21N3O3S/c1-14(25)22-17-9-7-16(8-10-17)19-13-28-21(23-19)24-20(26)11-6-15-4-3-5-18(12-15)27-2/h3-5,7-10,12-13H,6,11H2,1-2H3,(H,22,25)(H,23,24,26). The molecule has 7 heteroatoms. The summed E-state index contributed by atoms with van der Waals surface area (Å²) in [7, 11) is 1.62. The van der Waals surface area contributed by atoms with E-state index in [9.17, 15) is 9.59 Å². The lowest BCUT2D eigenvalue weighted by atomic mass is 10.1. The maximum atomic E-state index is 12.2. The molecule has 0 aliphatic heterocycles. The lowest BCUT2D eigenvalue weighted by Crippen LogP contribution is -2.12. The van der Waals surface area contributed by atoms with Crippen molar-refractivity contribution in [2.24, 2.45) is 0 Å². The number of nitrogens with one attached hydrogen (secondary N) is 2. The molecule has 0 radical (unpaired) electrons. The highest BCUT2D eigenvalue weighted by molar-refractivity contribution is 7.14. The zero-order chi connectivity index (χ0) is 19.9. The van der Waals surface area contributed by atoms with Crippen LogP contribution in [0.2, 0.25) is 0 Å². The van der Waals surface area contributed by atoms with Gasteiger partial charge in [0.05, 0.1) is 12.8 Å². The number of aromatic nitrogens is 1. The monoisotopic (exact) mass is 395 g/mol. The Morgan fingerprint density at radius 1 is 1.11 bits per heavy atom. The number of nitrogens with zero attached hydrogens (tertiary/aromatic N) is 1. The van der Waals surface area contributed by atoms with Gasteiger partial charge in [0, 0.05) is 30.0 Å². The number of thiazole rings is 1. The van der Waals surface area contributed by atoms with Gasteiger partial charge in [0.2, 0.25) is 11.8 Å². The summed E-state index contributed by atoms with van der Waals surface area (Å²) in [6, 6.07) is 15.1. The van der Waals surface area contributed by atoms with Crippen LogP contribution >= 0.6 is 11.3 Å². The van der Waals surface area contributed by atoms with Crippen molar-refractivity contribution in [1.29, 1.82) is 0 Å². The maximum absolute atomic E-state index is 12.2. The highest BCUT2D eigenvalue weighted by Gasteiger charge is 2.09. The summed E-state index contributed by atoms with van der Waals surface area (Å²) in [6.07, 6.45) is 0.999. The number of carbonyl (C=O) groups excluding carboxylic acids is 2. The van der Waals surface area contributed by atoms with Crippen molar-refractivity contribution in [2.75, 3.05) is 17.7 Å². The lowest BCUT2D eigenvalue weighted by Gasteiger charge is -2.05. The minimum Gasteiger partial charge on any atom is -0.497 e. The Labute approximate surface area is 167 Å². The molecule has 0 bridgehead atoms. The number of aryl methyl sites for hydroxylation is 1. The molecular weight excluding hydrogens is 374 g/mol. The van der Waals surface area contributed by atoms with E-state index in [1.54, 1.807) is 7.11 Å². The second-order valence-electron chi connectivity index (χ2n) is 6.20. The Bertz CT molecular complexity index is 967. The maximum Gasteiger partial charge on any atom is 0.226 e. The molecule has 0 fully saturated rings. The second-order valence-corrected chi connectivity index (χ2v) is 7.05. The normalized spacial score (nSPS) is 10.4. The van der Waals surface area contributed by atoms with Crippen molar-refractivity contribution in [1.82, 2.24) is 4.98 Å². The summed E-state index contributed by atoms with van der Waals surface area (Å²) >= 11 is 1.38. The third kappa shape index (κ3) is 5.40. The number of anilines is 2. The van der Waals surface area contributed by atoms with Crippen LogP contribution in [0.3, 0.4) is 0 Å².